The number of aryl methyl sites for hydroxylation is 2. The second-order valence-electron chi connectivity index (χ2n) is 21.5. The van der Waals surface area contributed by atoms with Crippen molar-refractivity contribution in [3.8, 4) is 5.75 Å². The van der Waals surface area contributed by atoms with Gasteiger partial charge in [0.1, 0.15) is 28.3 Å². The van der Waals surface area contributed by atoms with Crippen molar-refractivity contribution in [3.05, 3.63) is 63.3 Å². The van der Waals surface area contributed by atoms with E-state index in [0.29, 0.717) is 88.5 Å². The minimum absolute atomic E-state index is 0.00612. The summed E-state index contributed by atoms with van der Waals surface area (Å²) in [5, 5.41) is 13.4. The summed E-state index contributed by atoms with van der Waals surface area (Å²) in [6.07, 6.45) is 3.31. The number of unbranched alkanes of at least 4 members (excludes halogenated alkanes) is 1. The molecule has 2 saturated heterocycles. The molecule has 3 aliphatic rings. The van der Waals surface area contributed by atoms with Crippen LogP contribution in [0.25, 0.3) is 10.9 Å². The van der Waals surface area contributed by atoms with Crippen LogP contribution in [0, 0.1) is 13.8 Å². The number of benzene rings is 2. The predicted octanol–water partition coefficient (Wildman–Crippen LogP) is 3.38. The van der Waals surface area contributed by atoms with Gasteiger partial charge >= 0.3 is 0 Å². The SMILES string of the molecule is CCN=C(NCC)NCCCC[C@H](N)C(=O)N1CCN(C(=O)C2(N(C(C)(C(N)=O)C(=O)N3CCN(C(=O)[C@H](N)CCCNC(=NCC)NCC)CC3)S(=O)(=O)c3ccc(Cl)c(COc4cccc5c(C)cc(C)nc45)c3Cl)CCCC2)CC1. The van der Waals surface area contributed by atoms with E-state index in [0.717, 1.165) is 46.8 Å². The lowest BCUT2D eigenvalue weighted by Gasteiger charge is -2.50. The number of sulfonamides is 1. The van der Waals surface area contributed by atoms with Gasteiger partial charge in [0.15, 0.2) is 17.5 Å². The molecule has 1 aliphatic carbocycles. The summed E-state index contributed by atoms with van der Waals surface area (Å²) in [6, 6.07) is 8.27. The third-order valence-electron chi connectivity index (χ3n) is 15.6. The summed E-state index contributed by atoms with van der Waals surface area (Å²) >= 11 is 14.0. The van der Waals surface area contributed by atoms with Crippen LogP contribution in [-0.4, -0.2) is 194 Å². The Kier molecular flexibility index (Phi) is 24.0. The summed E-state index contributed by atoms with van der Waals surface area (Å²) in [4.78, 5) is 92.1. The summed E-state index contributed by atoms with van der Waals surface area (Å²) in [5.41, 5.74) is 16.8. The first-order valence-electron chi connectivity index (χ1n) is 29.1. The van der Waals surface area contributed by atoms with E-state index in [4.69, 9.17) is 50.1 Å². The van der Waals surface area contributed by atoms with Crippen LogP contribution in [-0.2, 0) is 40.6 Å². The summed E-state index contributed by atoms with van der Waals surface area (Å²) in [7, 11) is -5.24. The van der Waals surface area contributed by atoms with E-state index in [2.05, 4.69) is 31.3 Å². The van der Waals surface area contributed by atoms with E-state index in [9.17, 15) is 14.4 Å². The molecule has 0 spiro atoms. The zero-order valence-corrected chi connectivity index (χ0v) is 51.7. The highest BCUT2D eigenvalue weighted by Crippen LogP contribution is 2.47. The third kappa shape index (κ3) is 15.5. The Balaban J connectivity index is 1.29. The number of hydrogen-bond donors (Lipinski definition) is 7. The van der Waals surface area contributed by atoms with Crippen LogP contribution < -0.4 is 43.2 Å². The number of primary amides is 1. The number of nitrogens with two attached hydrogens (primary N) is 3. The van der Waals surface area contributed by atoms with Crippen LogP contribution in [0.2, 0.25) is 10.0 Å². The molecule has 458 valence electrons. The number of aromatic nitrogens is 1. The molecular formula is C57H87Cl2N15O8S. The number of carbonyl (C=O) groups excluding carboxylic acids is 5. The normalized spacial score (nSPS) is 17.5. The van der Waals surface area contributed by atoms with E-state index in [1.165, 1.54) is 26.8 Å². The van der Waals surface area contributed by atoms with Crippen molar-refractivity contribution < 1.29 is 37.1 Å². The Morgan fingerprint density at radius 2 is 1.29 bits per heavy atom. The average molecular weight is 1210 g/mol. The molecule has 2 aliphatic heterocycles. The van der Waals surface area contributed by atoms with Crippen LogP contribution in [0.15, 0.2) is 51.3 Å². The Hall–Kier alpha value is -6.05. The van der Waals surface area contributed by atoms with Crippen LogP contribution >= 0.6 is 23.2 Å². The number of rotatable bonds is 25. The number of piperazine rings is 2. The minimum Gasteiger partial charge on any atom is -0.487 e. The third-order valence-corrected chi connectivity index (χ3v) is 18.6. The maximum absolute atomic E-state index is 16.2. The average Bonchev–Trinajstić information content (AvgIpc) is 1.87. The number of nitrogens with one attached hydrogen (secondary N) is 4. The molecule has 1 aromatic heterocycles. The maximum atomic E-state index is 16.2. The fourth-order valence-corrected chi connectivity index (χ4v) is 14.2. The summed E-state index contributed by atoms with van der Waals surface area (Å²) in [6.45, 7) is 16.3. The Morgan fingerprint density at radius 1 is 0.759 bits per heavy atom. The highest BCUT2D eigenvalue weighted by atomic mass is 35.5. The molecule has 83 heavy (non-hydrogen) atoms. The molecule has 1 unspecified atom stereocenters. The molecule has 3 heterocycles. The van der Waals surface area contributed by atoms with E-state index < -0.39 is 55.8 Å². The standard InChI is InChI=1S/C57H87Cl2N15O8S/c1-8-63-54(64-9-2)67-26-15-12-19-43(60)49(75)71-30-34-73(35-31-71)53(79)57(24-13-14-25-57)74(83(80,81)46-23-22-42(58)41(47(46)59)37-82-45-21-16-18-40-38(5)36-39(6)69-48(40)45)56(7,51(62)77)52(78)72-32-28-70(29-33-72)50(76)44(61)20-17-27-68-55(65-10-3)66-11-4/h16,18,21-23,36,43-44H,8-15,17,19-20,24-35,37,60-61H2,1-7H3,(H2,62,77)(H2,63,64,67)(H2,65,66,68)/t43-,44+,56?/m0/s1. The first-order chi connectivity index (χ1) is 39.6. The molecule has 5 amide bonds. The van der Waals surface area contributed by atoms with Gasteiger partial charge in [0.2, 0.25) is 33.7 Å². The number of fused-ring (bicyclic) bond motifs is 1. The largest absolute Gasteiger partial charge is 0.487 e. The first-order valence-corrected chi connectivity index (χ1v) is 31.3. The lowest BCUT2D eigenvalue weighted by atomic mass is 9.87. The second kappa shape index (κ2) is 30.2. The summed E-state index contributed by atoms with van der Waals surface area (Å²) < 4.78 is 39.4. The monoisotopic (exact) mass is 1210 g/mol. The van der Waals surface area contributed by atoms with Crippen LogP contribution in [0.3, 0.4) is 0 Å². The molecule has 3 aromatic rings. The van der Waals surface area contributed by atoms with Crippen molar-refractivity contribution in [3.63, 3.8) is 0 Å². The number of carbonyl (C=O) groups is 5. The lowest BCUT2D eigenvalue weighted by Crippen LogP contribution is -2.75. The number of pyridine rings is 1. The molecular weight excluding hydrogens is 1130 g/mol. The number of ether oxygens (including phenoxy) is 1. The van der Waals surface area contributed by atoms with Gasteiger partial charge in [-0.25, -0.2) is 13.4 Å². The topological polar surface area (TPSA) is 309 Å². The molecule has 26 heteroatoms. The molecule has 23 nitrogen and oxygen atoms in total. The van der Waals surface area contributed by atoms with Crippen molar-refractivity contribution in [2.24, 2.45) is 27.2 Å². The number of amides is 5. The van der Waals surface area contributed by atoms with Crippen LogP contribution in [0.5, 0.6) is 5.75 Å². The number of guanidine groups is 2. The smallest absolute Gasteiger partial charge is 0.253 e. The van der Waals surface area contributed by atoms with Gasteiger partial charge in [-0.15, -0.1) is 0 Å². The molecule has 3 atom stereocenters. The molecule has 3 fully saturated rings. The zero-order valence-electron chi connectivity index (χ0n) is 49.3. The van der Waals surface area contributed by atoms with E-state index >= 15 is 18.0 Å². The van der Waals surface area contributed by atoms with E-state index in [1.807, 2.05) is 59.7 Å². The minimum atomic E-state index is -5.24. The zero-order chi connectivity index (χ0) is 60.6. The van der Waals surface area contributed by atoms with Gasteiger partial charge in [-0.2, -0.15) is 4.31 Å². The molecule has 2 aromatic carbocycles. The van der Waals surface area contributed by atoms with Gasteiger partial charge in [0, 0.05) is 113 Å². The van der Waals surface area contributed by atoms with Crippen LogP contribution in [0.4, 0.5) is 0 Å². The maximum Gasteiger partial charge on any atom is 0.253 e. The van der Waals surface area contributed by atoms with Gasteiger partial charge in [-0.05, 0) is 123 Å². The highest BCUT2D eigenvalue weighted by molar-refractivity contribution is 7.89. The van der Waals surface area contributed by atoms with Crippen LogP contribution in [0.1, 0.15) is 109 Å². The fraction of sp³-hybridized carbons (Fsp3) is 0.614. The Morgan fingerprint density at radius 3 is 1.83 bits per heavy atom. The quantitative estimate of drug-likeness (QED) is 0.0277. The number of aliphatic imine (C=N–C) groups is 2. The fourth-order valence-electron chi connectivity index (χ4n) is 11.3. The number of nitrogens with zero attached hydrogens (tertiary/aromatic N) is 8. The van der Waals surface area contributed by atoms with Crippen molar-refractivity contribution in [2.75, 3.05) is 91.6 Å². The molecule has 0 bridgehead atoms. The summed E-state index contributed by atoms with van der Waals surface area (Å²) in [5.74, 6) is -1.82. The van der Waals surface area contributed by atoms with Gasteiger partial charge in [0.25, 0.3) is 5.91 Å². The number of halogens is 2. The molecule has 6 rings (SSSR count). The van der Waals surface area contributed by atoms with E-state index in [1.54, 1.807) is 11.0 Å². The Labute approximate surface area is 499 Å². The number of para-hydroxylation sites is 1. The van der Waals surface area contributed by atoms with Gasteiger partial charge in [-0.1, -0.05) is 48.2 Å². The van der Waals surface area contributed by atoms with Gasteiger partial charge < -0.3 is 62.8 Å². The van der Waals surface area contributed by atoms with Crippen molar-refractivity contribution in [1.82, 2.24) is 50.2 Å². The van der Waals surface area contributed by atoms with E-state index in [-0.39, 0.29) is 99.2 Å². The second-order valence-corrected chi connectivity index (χ2v) is 24.0. The Bertz CT molecular complexity index is 2950. The van der Waals surface area contributed by atoms with Gasteiger partial charge in [-0.3, -0.25) is 34.0 Å². The van der Waals surface area contributed by atoms with Gasteiger partial charge in [0.05, 0.1) is 17.1 Å². The molecule has 0 radical (unpaired) electrons. The van der Waals surface area contributed by atoms with Crippen molar-refractivity contribution >= 4 is 85.6 Å². The predicted molar refractivity (Wildman–Crippen MR) is 325 cm³/mol. The lowest BCUT2D eigenvalue weighted by molar-refractivity contribution is -0.159. The van der Waals surface area contributed by atoms with Crippen molar-refractivity contribution in [1.29, 1.82) is 0 Å². The highest BCUT2D eigenvalue weighted by Gasteiger charge is 2.65. The first kappa shape index (κ1) is 66.1. The molecule has 10 N–H and O–H groups in total. The van der Waals surface area contributed by atoms with Crippen molar-refractivity contribution in [2.45, 2.75) is 141 Å². The molecule has 1 saturated carbocycles. The number of hydrogen-bond acceptors (Lipinski definition) is 13.